The van der Waals surface area contributed by atoms with Crippen molar-refractivity contribution in [2.75, 3.05) is 0 Å². The Morgan fingerprint density at radius 3 is 2.29 bits per heavy atom. The predicted molar refractivity (Wildman–Crippen MR) is 85.4 cm³/mol. The molecule has 1 aliphatic heterocycles. The van der Waals surface area contributed by atoms with E-state index in [1.807, 2.05) is 0 Å². The molecule has 0 fully saturated rings. The molecule has 1 aliphatic rings. The Labute approximate surface area is 138 Å². The molecule has 0 saturated heterocycles. The largest absolute Gasteiger partial charge is 0.480 e. The molecular formula is C16H18N4O4. The van der Waals surface area contributed by atoms with Crippen LogP contribution in [0.3, 0.4) is 0 Å². The number of hydrogen-bond acceptors (Lipinski definition) is 4. The maximum absolute atomic E-state index is 12.4. The fourth-order valence-electron chi connectivity index (χ4n) is 2.75. The van der Waals surface area contributed by atoms with Crippen molar-refractivity contribution < 1.29 is 19.5 Å². The number of amides is 2. The lowest BCUT2D eigenvalue weighted by Crippen LogP contribution is -2.45. The summed E-state index contributed by atoms with van der Waals surface area (Å²) in [6.45, 7) is 3.48. The smallest absolute Gasteiger partial charge is 0.326 e. The molecule has 24 heavy (non-hydrogen) atoms. The summed E-state index contributed by atoms with van der Waals surface area (Å²) in [7, 11) is 0. The molecule has 1 aromatic carbocycles. The number of rotatable bonds is 7. The fourth-order valence-corrected chi connectivity index (χ4v) is 2.75. The minimum atomic E-state index is -1.24. The number of hydrogen-bond donors (Lipinski definition) is 1. The van der Waals surface area contributed by atoms with E-state index in [0.29, 0.717) is 12.8 Å². The van der Waals surface area contributed by atoms with Crippen LogP contribution in [0, 0.1) is 0 Å². The number of fused-ring (bicyclic) bond motifs is 1. The molecule has 8 nitrogen and oxygen atoms in total. The second kappa shape index (κ2) is 6.72. The zero-order valence-corrected chi connectivity index (χ0v) is 13.5. The van der Waals surface area contributed by atoms with Gasteiger partial charge in [0, 0.05) is 10.5 Å². The van der Waals surface area contributed by atoms with Crippen LogP contribution in [0.2, 0.25) is 0 Å². The zero-order valence-electron chi connectivity index (χ0n) is 13.5. The SMILES string of the molecule is CC(C)(CCC[C@@H](C(=O)O)N1C(=O)c2ccccc2C1=O)N=[N+]=[N-]. The summed E-state index contributed by atoms with van der Waals surface area (Å²) >= 11 is 0. The molecule has 8 heteroatoms. The van der Waals surface area contributed by atoms with Crippen molar-refractivity contribution >= 4 is 17.8 Å². The van der Waals surface area contributed by atoms with Gasteiger partial charge in [0.05, 0.1) is 11.1 Å². The number of aliphatic carboxylic acids is 1. The highest BCUT2D eigenvalue weighted by atomic mass is 16.4. The predicted octanol–water partition coefficient (Wildman–Crippen LogP) is 3.00. The number of carbonyl (C=O) groups excluding carboxylic acids is 2. The summed E-state index contributed by atoms with van der Waals surface area (Å²) in [6.07, 6.45) is 0.950. The number of carbonyl (C=O) groups is 3. The van der Waals surface area contributed by atoms with Crippen molar-refractivity contribution in [3.05, 3.63) is 45.8 Å². The summed E-state index contributed by atoms with van der Waals surface area (Å²) < 4.78 is 0. The van der Waals surface area contributed by atoms with Crippen LogP contribution in [0.15, 0.2) is 29.4 Å². The molecule has 2 amide bonds. The lowest BCUT2D eigenvalue weighted by molar-refractivity contribution is -0.141. The minimum absolute atomic E-state index is 0.102. The molecule has 0 aromatic heterocycles. The Balaban J connectivity index is 2.15. The van der Waals surface area contributed by atoms with Gasteiger partial charge in [0.1, 0.15) is 6.04 Å². The van der Waals surface area contributed by atoms with Crippen molar-refractivity contribution in [1.29, 1.82) is 0 Å². The van der Waals surface area contributed by atoms with E-state index in [0.717, 1.165) is 4.90 Å². The van der Waals surface area contributed by atoms with E-state index in [4.69, 9.17) is 5.53 Å². The molecule has 1 aromatic rings. The molecule has 2 rings (SSSR count). The van der Waals surface area contributed by atoms with Gasteiger partial charge >= 0.3 is 5.97 Å². The fraction of sp³-hybridized carbons (Fsp3) is 0.438. The first-order valence-corrected chi connectivity index (χ1v) is 7.54. The van der Waals surface area contributed by atoms with Crippen LogP contribution in [0.5, 0.6) is 0 Å². The van der Waals surface area contributed by atoms with Gasteiger partial charge < -0.3 is 5.11 Å². The maximum Gasteiger partial charge on any atom is 0.326 e. The Morgan fingerprint density at radius 2 is 1.83 bits per heavy atom. The summed E-state index contributed by atoms with van der Waals surface area (Å²) in [4.78, 5) is 39.9. The van der Waals surface area contributed by atoms with Gasteiger partial charge in [-0.2, -0.15) is 0 Å². The van der Waals surface area contributed by atoms with Gasteiger partial charge in [-0.25, -0.2) is 4.79 Å². The average molecular weight is 330 g/mol. The summed E-state index contributed by atoms with van der Waals surface area (Å²) in [6, 6.07) is 5.05. The number of azide groups is 1. The number of imide groups is 1. The van der Waals surface area contributed by atoms with Gasteiger partial charge in [0.15, 0.2) is 0 Å². The molecule has 0 spiro atoms. The van der Waals surface area contributed by atoms with Gasteiger partial charge in [0.2, 0.25) is 0 Å². The second-order valence-corrected chi connectivity index (χ2v) is 6.27. The summed E-state index contributed by atoms with van der Waals surface area (Å²) in [5.41, 5.74) is 8.30. The van der Waals surface area contributed by atoms with Crippen LogP contribution in [-0.4, -0.2) is 39.4 Å². The first-order chi connectivity index (χ1) is 11.3. The molecule has 0 saturated carbocycles. The Hall–Kier alpha value is -2.86. The highest BCUT2D eigenvalue weighted by molar-refractivity contribution is 6.22. The van der Waals surface area contributed by atoms with E-state index in [9.17, 15) is 19.5 Å². The van der Waals surface area contributed by atoms with Crippen molar-refractivity contribution in [3.8, 4) is 0 Å². The molecule has 0 unspecified atom stereocenters. The molecule has 0 bridgehead atoms. The van der Waals surface area contributed by atoms with Gasteiger partial charge in [-0.1, -0.05) is 37.5 Å². The first kappa shape index (κ1) is 17.5. The number of benzene rings is 1. The Kier molecular flexibility index (Phi) is 4.90. The molecular weight excluding hydrogens is 312 g/mol. The van der Waals surface area contributed by atoms with E-state index in [2.05, 4.69) is 10.0 Å². The molecule has 1 atom stereocenters. The van der Waals surface area contributed by atoms with E-state index in [-0.39, 0.29) is 17.5 Å². The van der Waals surface area contributed by atoms with Gasteiger partial charge in [-0.15, -0.1) is 0 Å². The molecule has 0 aliphatic carbocycles. The highest BCUT2D eigenvalue weighted by Crippen LogP contribution is 2.27. The first-order valence-electron chi connectivity index (χ1n) is 7.54. The third-order valence-corrected chi connectivity index (χ3v) is 4.00. The Bertz CT molecular complexity index is 702. The number of carboxylic acid groups (broad SMARTS) is 1. The van der Waals surface area contributed by atoms with Crippen molar-refractivity contribution in [3.63, 3.8) is 0 Å². The topological polar surface area (TPSA) is 123 Å². The van der Waals surface area contributed by atoms with Crippen molar-refractivity contribution in [2.45, 2.75) is 44.7 Å². The van der Waals surface area contributed by atoms with Gasteiger partial charge in [-0.05, 0) is 30.5 Å². The zero-order chi connectivity index (χ0) is 17.9. The van der Waals surface area contributed by atoms with E-state index in [1.54, 1.807) is 26.0 Å². The van der Waals surface area contributed by atoms with Crippen LogP contribution in [-0.2, 0) is 4.79 Å². The monoisotopic (exact) mass is 330 g/mol. The molecule has 0 radical (unpaired) electrons. The van der Waals surface area contributed by atoms with E-state index >= 15 is 0 Å². The quantitative estimate of drug-likeness (QED) is 0.357. The van der Waals surface area contributed by atoms with Crippen LogP contribution >= 0.6 is 0 Å². The van der Waals surface area contributed by atoms with Crippen LogP contribution in [0.25, 0.3) is 10.4 Å². The summed E-state index contributed by atoms with van der Waals surface area (Å²) in [5, 5.41) is 13.1. The lowest BCUT2D eigenvalue weighted by atomic mass is 9.96. The average Bonchev–Trinajstić information content (AvgIpc) is 2.76. The molecule has 1 N–H and O–H groups in total. The number of nitrogens with zero attached hydrogens (tertiary/aromatic N) is 4. The molecule has 126 valence electrons. The van der Waals surface area contributed by atoms with Crippen molar-refractivity contribution in [2.24, 2.45) is 5.11 Å². The third-order valence-electron chi connectivity index (χ3n) is 4.00. The van der Waals surface area contributed by atoms with Gasteiger partial charge in [0.25, 0.3) is 11.8 Å². The maximum atomic E-state index is 12.4. The second-order valence-electron chi connectivity index (χ2n) is 6.27. The standard InChI is InChI=1S/C16H18N4O4/c1-16(2,18-19-17)9-5-8-12(15(23)24)20-13(21)10-6-3-4-7-11(10)14(20)22/h3-4,6-7,12H,5,8-9H2,1-2H3,(H,23,24)/t12-/m0/s1. The van der Waals surface area contributed by atoms with Crippen molar-refractivity contribution in [1.82, 2.24) is 4.90 Å². The summed E-state index contributed by atoms with van der Waals surface area (Å²) in [5.74, 6) is -2.40. The lowest BCUT2D eigenvalue weighted by Gasteiger charge is -2.24. The third kappa shape index (κ3) is 3.38. The van der Waals surface area contributed by atoms with Crippen LogP contribution in [0.1, 0.15) is 53.8 Å². The highest BCUT2D eigenvalue weighted by Gasteiger charge is 2.42. The van der Waals surface area contributed by atoms with Crippen LogP contribution in [0.4, 0.5) is 0 Å². The van der Waals surface area contributed by atoms with Gasteiger partial charge in [-0.3, -0.25) is 14.5 Å². The van der Waals surface area contributed by atoms with Crippen LogP contribution < -0.4 is 0 Å². The molecule has 1 heterocycles. The Morgan fingerprint density at radius 1 is 1.29 bits per heavy atom. The minimum Gasteiger partial charge on any atom is -0.480 e. The normalized spacial score (nSPS) is 15.0. The van der Waals surface area contributed by atoms with E-state index < -0.39 is 29.4 Å². The number of carboxylic acids is 1. The van der Waals surface area contributed by atoms with E-state index in [1.165, 1.54) is 12.1 Å².